The standard InChI is InChI=1S/C20H23BFNO3/c22-18-11-9-16(10-12-18)13-17(21(25)26)7-4-8-20(24)19(23)14-15-5-2-1-3-6-15/h1-7,9-12,17,19,25-26H,8,13-14,23H2/b7-4+. The van der Waals surface area contributed by atoms with E-state index >= 15 is 0 Å². The number of nitrogens with two attached hydrogens (primary N) is 1. The molecule has 0 radical (unpaired) electrons. The van der Waals surface area contributed by atoms with Gasteiger partial charge in [-0.2, -0.15) is 0 Å². The van der Waals surface area contributed by atoms with Crippen LogP contribution in [0.1, 0.15) is 17.5 Å². The van der Waals surface area contributed by atoms with Gasteiger partial charge in [0.15, 0.2) is 5.78 Å². The van der Waals surface area contributed by atoms with Crippen LogP contribution in [0.3, 0.4) is 0 Å². The van der Waals surface area contributed by atoms with Crippen molar-refractivity contribution in [2.75, 3.05) is 0 Å². The fourth-order valence-corrected chi connectivity index (χ4v) is 2.66. The van der Waals surface area contributed by atoms with E-state index in [1.54, 1.807) is 24.3 Å². The molecular formula is C20H23BFNO3. The molecule has 4 nitrogen and oxygen atoms in total. The Hall–Kier alpha value is -2.28. The van der Waals surface area contributed by atoms with Crippen LogP contribution in [-0.2, 0) is 17.6 Å². The minimum absolute atomic E-state index is 0.113. The van der Waals surface area contributed by atoms with E-state index in [1.807, 2.05) is 30.3 Å². The monoisotopic (exact) mass is 355 g/mol. The Morgan fingerprint density at radius 3 is 2.27 bits per heavy atom. The molecular weight excluding hydrogens is 332 g/mol. The summed E-state index contributed by atoms with van der Waals surface area (Å²) in [7, 11) is -1.57. The van der Waals surface area contributed by atoms with E-state index in [0.29, 0.717) is 12.8 Å². The van der Waals surface area contributed by atoms with Crippen LogP contribution < -0.4 is 5.73 Å². The zero-order chi connectivity index (χ0) is 18.9. The van der Waals surface area contributed by atoms with Crippen LogP contribution in [0.2, 0.25) is 5.82 Å². The van der Waals surface area contributed by atoms with E-state index in [0.717, 1.165) is 11.1 Å². The molecule has 6 heteroatoms. The highest BCUT2D eigenvalue weighted by atomic mass is 19.1. The number of carbonyl (C=O) groups excluding carboxylic acids is 1. The van der Waals surface area contributed by atoms with Crippen molar-refractivity contribution in [3.63, 3.8) is 0 Å². The average Bonchev–Trinajstić information content (AvgIpc) is 2.63. The van der Waals surface area contributed by atoms with Crippen molar-refractivity contribution < 1.29 is 19.2 Å². The van der Waals surface area contributed by atoms with Crippen LogP contribution >= 0.6 is 0 Å². The maximum Gasteiger partial charge on any atom is 0.459 e. The quantitative estimate of drug-likeness (QED) is 0.476. The third-order valence-electron chi connectivity index (χ3n) is 4.18. The van der Waals surface area contributed by atoms with E-state index in [1.165, 1.54) is 12.1 Å². The van der Waals surface area contributed by atoms with E-state index in [2.05, 4.69) is 0 Å². The fraction of sp³-hybridized carbons (Fsp3) is 0.250. The smallest absolute Gasteiger partial charge is 0.427 e. The molecule has 0 aromatic heterocycles. The molecule has 0 spiro atoms. The summed E-state index contributed by atoms with van der Waals surface area (Å²) < 4.78 is 12.9. The first-order valence-corrected chi connectivity index (χ1v) is 8.55. The van der Waals surface area contributed by atoms with Crippen LogP contribution in [0.5, 0.6) is 0 Å². The molecule has 26 heavy (non-hydrogen) atoms. The van der Waals surface area contributed by atoms with Crippen LogP contribution in [0.4, 0.5) is 4.39 Å². The highest BCUT2D eigenvalue weighted by molar-refractivity contribution is 6.44. The predicted octanol–water partition coefficient (Wildman–Crippen LogP) is 2.30. The van der Waals surface area contributed by atoms with Gasteiger partial charge in [-0.05, 0) is 36.1 Å². The lowest BCUT2D eigenvalue weighted by Crippen LogP contribution is -2.32. The molecule has 0 bridgehead atoms. The second-order valence-corrected chi connectivity index (χ2v) is 6.30. The van der Waals surface area contributed by atoms with Gasteiger partial charge >= 0.3 is 7.12 Å². The molecule has 2 unspecified atom stereocenters. The first-order valence-electron chi connectivity index (χ1n) is 8.55. The third kappa shape index (κ3) is 6.56. The molecule has 0 heterocycles. The number of benzene rings is 2. The molecule has 136 valence electrons. The summed E-state index contributed by atoms with van der Waals surface area (Å²) in [6, 6.07) is 14.8. The van der Waals surface area contributed by atoms with Crippen LogP contribution in [0.15, 0.2) is 66.7 Å². The summed E-state index contributed by atoms with van der Waals surface area (Å²) in [6.07, 6.45) is 4.14. The maximum absolute atomic E-state index is 12.9. The van der Waals surface area contributed by atoms with Crippen molar-refractivity contribution in [3.8, 4) is 0 Å². The lowest BCUT2D eigenvalue weighted by molar-refractivity contribution is -0.119. The fourth-order valence-electron chi connectivity index (χ4n) is 2.66. The molecule has 2 aromatic rings. The van der Waals surface area contributed by atoms with E-state index in [4.69, 9.17) is 5.73 Å². The lowest BCUT2D eigenvalue weighted by atomic mass is 9.69. The minimum atomic E-state index is -1.57. The Bertz CT molecular complexity index is 720. The molecule has 0 saturated carbocycles. The highest BCUT2D eigenvalue weighted by Gasteiger charge is 2.21. The molecule has 4 N–H and O–H groups in total. The Morgan fingerprint density at radius 2 is 1.65 bits per heavy atom. The van der Waals surface area contributed by atoms with Crippen molar-refractivity contribution in [1.82, 2.24) is 0 Å². The number of hydrogen-bond acceptors (Lipinski definition) is 4. The van der Waals surface area contributed by atoms with Gasteiger partial charge in [-0.1, -0.05) is 54.6 Å². The number of Topliss-reactive ketones (excluding diaryl/α,β-unsaturated/α-hetero) is 1. The number of allylic oxidation sites excluding steroid dienone is 2. The third-order valence-corrected chi connectivity index (χ3v) is 4.18. The molecule has 2 atom stereocenters. The Labute approximate surface area is 153 Å². The first kappa shape index (κ1) is 20.0. The number of halogens is 1. The molecule has 0 aliphatic rings. The van der Waals surface area contributed by atoms with Crippen LogP contribution in [0, 0.1) is 5.82 Å². The van der Waals surface area contributed by atoms with Crippen molar-refractivity contribution in [2.24, 2.45) is 5.73 Å². The molecule has 0 aliphatic heterocycles. The Balaban J connectivity index is 1.88. The summed E-state index contributed by atoms with van der Waals surface area (Å²) in [5.41, 5.74) is 7.72. The molecule has 0 saturated heterocycles. The minimum Gasteiger partial charge on any atom is -0.427 e. The van der Waals surface area contributed by atoms with Gasteiger partial charge in [-0.15, -0.1) is 0 Å². The van der Waals surface area contributed by atoms with Gasteiger partial charge in [-0.3, -0.25) is 4.79 Å². The second-order valence-electron chi connectivity index (χ2n) is 6.30. The number of carbonyl (C=O) groups is 1. The normalized spacial score (nSPS) is 13.5. The summed E-state index contributed by atoms with van der Waals surface area (Å²) in [4.78, 5) is 12.2. The largest absolute Gasteiger partial charge is 0.459 e. The van der Waals surface area contributed by atoms with Gasteiger partial charge < -0.3 is 15.8 Å². The summed E-state index contributed by atoms with van der Waals surface area (Å²) in [5.74, 6) is -1.04. The molecule has 0 aliphatic carbocycles. The number of rotatable bonds is 9. The van der Waals surface area contributed by atoms with Gasteiger partial charge in [0.1, 0.15) is 5.82 Å². The summed E-state index contributed by atoms with van der Waals surface area (Å²) in [6.45, 7) is 0. The summed E-state index contributed by atoms with van der Waals surface area (Å²) in [5, 5.41) is 19.0. The van der Waals surface area contributed by atoms with Gasteiger partial charge in [0, 0.05) is 12.2 Å². The molecule has 2 aromatic carbocycles. The van der Waals surface area contributed by atoms with E-state index in [-0.39, 0.29) is 18.0 Å². The topological polar surface area (TPSA) is 83.6 Å². The zero-order valence-corrected chi connectivity index (χ0v) is 14.5. The Kier molecular flexibility index (Phi) is 7.72. The van der Waals surface area contributed by atoms with Crippen molar-refractivity contribution >= 4 is 12.9 Å². The lowest BCUT2D eigenvalue weighted by Gasteiger charge is -2.12. The van der Waals surface area contributed by atoms with Gasteiger partial charge in [-0.25, -0.2) is 4.39 Å². The van der Waals surface area contributed by atoms with Crippen LogP contribution in [0.25, 0.3) is 0 Å². The second kappa shape index (κ2) is 10.0. The van der Waals surface area contributed by atoms with Crippen molar-refractivity contribution in [1.29, 1.82) is 0 Å². The maximum atomic E-state index is 12.9. The zero-order valence-electron chi connectivity index (χ0n) is 14.5. The van der Waals surface area contributed by atoms with E-state index in [9.17, 15) is 19.2 Å². The van der Waals surface area contributed by atoms with Crippen LogP contribution in [-0.4, -0.2) is 29.0 Å². The molecule has 0 amide bonds. The summed E-state index contributed by atoms with van der Waals surface area (Å²) >= 11 is 0. The SMILES string of the molecule is NC(Cc1ccccc1)C(=O)C/C=C/C(Cc1ccc(F)cc1)B(O)O. The van der Waals surface area contributed by atoms with E-state index < -0.39 is 19.0 Å². The van der Waals surface area contributed by atoms with Gasteiger partial charge in [0.05, 0.1) is 6.04 Å². The number of hydrogen-bond donors (Lipinski definition) is 3. The predicted molar refractivity (Wildman–Crippen MR) is 101 cm³/mol. The number of ketones is 1. The average molecular weight is 355 g/mol. The molecule has 2 rings (SSSR count). The van der Waals surface area contributed by atoms with Gasteiger partial charge in [0.25, 0.3) is 0 Å². The van der Waals surface area contributed by atoms with Crippen molar-refractivity contribution in [2.45, 2.75) is 31.1 Å². The molecule has 0 fully saturated rings. The van der Waals surface area contributed by atoms with Gasteiger partial charge in [0.2, 0.25) is 0 Å². The first-order chi connectivity index (χ1) is 12.5. The highest BCUT2D eigenvalue weighted by Crippen LogP contribution is 2.18. The van der Waals surface area contributed by atoms with Crippen molar-refractivity contribution in [3.05, 3.63) is 83.7 Å². The Morgan fingerprint density at radius 1 is 1.04 bits per heavy atom.